The Morgan fingerprint density at radius 2 is 0.823 bits per heavy atom. The van der Waals surface area contributed by atoms with Gasteiger partial charge in [0, 0.05) is 80.6 Å². The van der Waals surface area contributed by atoms with E-state index in [4.69, 9.17) is 32.8 Å². The topological polar surface area (TPSA) is 365 Å². The smallest absolute Gasteiger partial charge is 0.491 e. The number of fused-ring (bicyclic) bond motifs is 17. The molecule has 11 aromatic rings. The maximum absolute atomic E-state index is 15.5. The van der Waals surface area contributed by atoms with Crippen LogP contribution >= 0.6 is 31.9 Å². The number of carbonyl (C=O) groups excluding carboxylic acids is 3. The van der Waals surface area contributed by atoms with Crippen LogP contribution < -0.4 is 35.6 Å². The highest BCUT2D eigenvalue weighted by Gasteiger charge is 2.64. The van der Waals surface area contributed by atoms with Gasteiger partial charge in [0.15, 0.2) is 17.5 Å². The van der Waals surface area contributed by atoms with Crippen LogP contribution in [-0.2, 0) is 64.4 Å². The molecule has 644 valence electrons. The fraction of sp³-hybridized carbons (Fsp3) is 0.349. The fourth-order valence-corrected chi connectivity index (χ4v) is 14.5. The van der Waals surface area contributed by atoms with Gasteiger partial charge in [-0.1, -0.05) is 54.7 Å². The molecule has 7 aliphatic rings. The number of anilines is 3. The molecule has 18 rings (SSSR count). The molecule has 0 saturated carbocycles. The average Bonchev–Trinajstić information content (AvgIpc) is 1.59. The average molecular weight is 1820 g/mol. The second-order valence-corrected chi connectivity index (χ2v) is 33.5. The summed E-state index contributed by atoms with van der Waals surface area (Å²) >= 11 is 6.59. The molecule has 8 aromatic heterocycles. The Kier molecular flexibility index (Phi) is 27.5. The number of nitrogens with zero attached hydrogens (tertiary/aromatic N) is 18. The van der Waals surface area contributed by atoms with Crippen LogP contribution in [0.15, 0.2) is 168 Å². The van der Waals surface area contributed by atoms with Crippen LogP contribution in [0.4, 0.5) is 30.6 Å². The van der Waals surface area contributed by atoms with E-state index in [1.54, 1.807) is 79.8 Å². The molecular weight excluding hydrogens is 1730 g/mol. The number of rotatable bonds is 3. The summed E-state index contributed by atoms with van der Waals surface area (Å²) in [6.07, 6.45) is 21.7. The zero-order chi connectivity index (χ0) is 87.8. The van der Waals surface area contributed by atoms with Gasteiger partial charge in [-0.05, 0) is 175 Å². The van der Waals surface area contributed by atoms with Crippen molar-refractivity contribution in [3.8, 4) is 62.9 Å². The number of ether oxygens (including phenoxy) is 3. The summed E-state index contributed by atoms with van der Waals surface area (Å²) in [5.74, 6) is -0.421. The van der Waals surface area contributed by atoms with Gasteiger partial charge >= 0.3 is 21.1 Å². The number of nitrogens with one attached hydrogen (secondary N) is 3. The third-order valence-corrected chi connectivity index (χ3v) is 23.1. The Morgan fingerprint density at radius 3 is 1.25 bits per heavy atom. The Bertz CT molecular complexity index is 5760. The van der Waals surface area contributed by atoms with Gasteiger partial charge in [0.1, 0.15) is 88.2 Å². The third-order valence-electron chi connectivity index (χ3n) is 21.9. The standard InChI is InChI=1S/C26H25FN8O2.C19H17BFN5O4.C19H15BrFN5O2.C12H24B2O4.C7H10BrN3/c1-33-9-10-35-22(15-33)19(14-29-35)17-12-18-23(13-20(17)27)37-11-4-2-3-8-34-16-28-32-25(34)21-6-5-7-24(30-21)31-26(18)36;21-14-10-16-12(9-13(14)20(28)29)19(27)24-17-6-4-5-15(23-17)18-25-22-11-26(18)7-2-1-3-8-30-16;20-13-9-12-16(10-14(13)21)28-8-3-1-2-7-26-11-22-25-18(26)15-5-4-6-17(23-15)24-19(12)27;1-9(2)10(3,4)16-13(15-9)14-17-11(5,6)12(7,8)18-14;1-10-2-3-11-7(5-10)6(8)4-9-11/h2-3,5-7,12-14,16H,4,8-11,15H2,1H3,(H,30,31,36);1-2,4-6,9-11,28-29H,3,7-8H2,(H,23,24,27);1-2,4-6,9-11H,3,7-8H2,(H,23,24,27);1-8H3;4H,2-3,5H2,1H3/b3-2-;2*2-1-;;. The second-order valence-electron chi connectivity index (χ2n) is 31.8. The molecule has 124 heavy (non-hydrogen) atoms. The zero-order valence-corrected chi connectivity index (χ0v) is 72.9. The van der Waals surface area contributed by atoms with E-state index >= 15 is 4.39 Å². The Morgan fingerprint density at radius 1 is 0.444 bits per heavy atom. The van der Waals surface area contributed by atoms with Crippen LogP contribution in [-0.4, -0.2) is 207 Å². The number of likely N-dealkylation sites (N-methyl/N-ethyl adjacent to an activating group) is 2. The monoisotopic (exact) mass is 1820 g/mol. The molecule has 3 aromatic carbocycles. The van der Waals surface area contributed by atoms with Crippen LogP contribution in [0.25, 0.3) is 45.7 Å². The van der Waals surface area contributed by atoms with Crippen LogP contribution in [0.1, 0.15) is 117 Å². The van der Waals surface area contributed by atoms with E-state index in [2.05, 4.69) is 125 Å². The first-order valence-corrected chi connectivity index (χ1v) is 41.6. The molecule has 3 amide bonds. The highest BCUT2D eigenvalue weighted by atomic mass is 79.9. The lowest BCUT2D eigenvalue weighted by Gasteiger charge is -2.32. The first-order valence-electron chi connectivity index (χ1n) is 40.1. The summed E-state index contributed by atoms with van der Waals surface area (Å²) in [6, 6.07) is 23.0. The Balaban J connectivity index is 0.000000132. The summed E-state index contributed by atoms with van der Waals surface area (Å²) in [4.78, 5) is 57.0. The predicted octanol–water partition coefficient (Wildman–Crippen LogP) is 11.3. The third kappa shape index (κ3) is 20.7. The molecule has 0 unspecified atom stereocenters. The molecule has 0 radical (unpaired) electrons. The molecule has 33 nitrogen and oxygen atoms in total. The summed E-state index contributed by atoms with van der Waals surface area (Å²) in [6.45, 7) is 24.0. The quantitative estimate of drug-likeness (QED) is 0.0810. The number of hydrogen-bond acceptors (Lipinski definition) is 25. The van der Waals surface area contributed by atoms with E-state index < -0.39 is 61.8 Å². The second kappa shape index (κ2) is 38.4. The van der Waals surface area contributed by atoms with Crippen molar-refractivity contribution in [2.75, 3.05) is 63.0 Å². The molecule has 5 N–H and O–H groups in total. The van der Waals surface area contributed by atoms with Gasteiger partial charge in [-0.15, -0.1) is 30.6 Å². The van der Waals surface area contributed by atoms with Crippen LogP contribution in [0.5, 0.6) is 17.2 Å². The molecule has 41 heteroatoms. The van der Waals surface area contributed by atoms with E-state index in [9.17, 15) is 33.2 Å². The molecule has 7 aliphatic heterocycles. The van der Waals surface area contributed by atoms with Gasteiger partial charge in [0.05, 0.1) is 105 Å². The van der Waals surface area contributed by atoms with Crippen molar-refractivity contribution in [3.05, 3.63) is 213 Å². The molecule has 0 atom stereocenters. The molecular formula is C83H91B3Br2F3N21O12. The summed E-state index contributed by atoms with van der Waals surface area (Å²) in [5.41, 5.74) is 3.35. The van der Waals surface area contributed by atoms with Crippen molar-refractivity contribution >= 4 is 93.6 Å². The van der Waals surface area contributed by atoms with Crippen LogP contribution in [0.3, 0.4) is 0 Å². The molecule has 6 bridgehead atoms. The predicted molar refractivity (Wildman–Crippen MR) is 464 cm³/mol. The normalized spacial score (nSPS) is 18.4. The minimum absolute atomic E-state index is 0.00838. The minimum Gasteiger partial charge on any atom is -0.492 e. The lowest BCUT2D eigenvalue weighted by atomic mass is 9.49. The largest absolute Gasteiger partial charge is 0.492 e. The van der Waals surface area contributed by atoms with E-state index in [-0.39, 0.29) is 79.8 Å². The molecule has 0 spiro atoms. The van der Waals surface area contributed by atoms with Crippen LogP contribution in [0, 0.1) is 17.5 Å². The zero-order valence-electron chi connectivity index (χ0n) is 69.8. The highest BCUT2D eigenvalue weighted by Crippen LogP contribution is 2.44. The Labute approximate surface area is 730 Å². The SMILES string of the molecule is CC1(C)OB(B2OC(C)(C)C(C)(C)O2)OC1(C)C.CN1CCn2ncc(-c3cc4c(cc3F)OCC/C=C\Cn3cnnc3-c3cccc(n3)NC4=O)c2C1.CN1CCn2ncc(Br)c2C1.O=C1Nc2cccc(n2)-c2nncn2C/C=C\CCOc2cc(F)c(B(O)O)cc21.O=C1Nc2cccc(n2)-c2nncn2C/C=C\CCOc2cc(F)c(Br)cc21. The summed E-state index contributed by atoms with van der Waals surface area (Å²) in [5, 5.41) is 59.9. The highest BCUT2D eigenvalue weighted by molar-refractivity contribution is 9.10. The number of pyridine rings is 3. The van der Waals surface area contributed by atoms with Crippen molar-refractivity contribution in [1.29, 1.82) is 0 Å². The maximum Gasteiger partial charge on any atom is 0.491 e. The van der Waals surface area contributed by atoms with Gasteiger partial charge in [0.25, 0.3) is 17.7 Å². The van der Waals surface area contributed by atoms with Gasteiger partial charge in [0.2, 0.25) is 0 Å². The van der Waals surface area contributed by atoms with E-state index in [1.807, 2.05) is 130 Å². The Hall–Kier alpha value is -11.4. The first kappa shape index (κ1) is 88.9. The fourth-order valence-electron chi connectivity index (χ4n) is 13.7. The number of allylic oxidation sites excluding steroid dienone is 3. The maximum atomic E-state index is 15.5. The molecule has 0 aliphatic carbocycles. The summed E-state index contributed by atoms with van der Waals surface area (Å²) < 4.78 is 95.4. The lowest BCUT2D eigenvalue weighted by Crippen LogP contribution is -2.41. The van der Waals surface area contributed by atoms with E-state index in [0.717, 1.165) is 55.0 Å². The number of benzene rings is 3. The van der Waals surface area contributed by atoms with E-state index in [1.165, 1.54) is 23.9 Å². The number of amides is 3. The number of halogens is 5. The van der Waals surface area contributed by atoms with Crippen molar-refractivity contribution in [2.45, 2.75) is 143 Å². The van der Waals surface area contributed by atoms with Crippen molar-refractivity contribution in [2.24, 2.45) is 0 Å². The van der Waals surface area contributed by atoms with Gasteiger partial charge < -0.3 is 72.5 Å². The lowest BCUT2D eigenvalue weighted by molar-refractivity contribution is 0.00578. The summed E-state index contributed by atoms with van der Waals surface area (Å²) in [7, 11) is 1.12. The molecule has 15 heterocycles. The van der Waals surface area contributed by atoms with Crippen molar-refractivity contribution in [1.82, 2.24) is 88.6 Å². The van der Waals surface area contributed by atoms with Crippen molar-refractivity contribution in [3.63, 3.8) is 0 Å². The van der Waals surface area contributed by atoms with Gasteiger partial charge in [-0.3, -0.25) is 33.5 Å². The minimum atomic E-state index is -2.07. The number of carbonyl (C=O) groups is 3. The molecule has 2 saturated heterocycles. The van der Waals surface area contributed by atoms with Gasteiger partial charge in [-0.25, -0.2) is 28.1 Å². The number of hydrogen-bond donors (Lipinski definition) is 5. The van der Waals surface area contributed by atoms with Crippen molar-refractivity contribution < 1.29 is 70.4 Å². The van der Waals surface area contributed by atoms with E-state index in [0.29, 0.717) is 109 Å². The molecule has 2 fully saturated rings. The van der Waals surface area contributed by atoms with Gasteiger partial charge in [-0.2, -0.15) is 10.2 Å². The number of aromatic nitrogens is 16. The van der Waals surface area contributed by atoms with Crippen LogP contribution in [0.2, 0.25) is 0 Å². The first-order chi connectivity index (χ1) is 59.4.